The van der Waals surface area contributed by atoms with Crippen molar-refractivity contribution in [3.05, 3.63) is 122 Å². The van der Waals surface area contributed by atoms with Crippen LogP contribution >= 0.6 is 0 Å². The normalized spacial score (nSPS) is 11.6. The van der Waals surface area contributed by atoms with Crippen molar-refractivity contribution in [2.45, 2.75) is 0 Å². The maximum atomic E-state index is 5.96. The van der Waals surface area contributed by atoms with Gasteiger partial charge in [0.05, 0.1) is 36.3 Å². The van der Waals surface area contributed by atoms with Crippen LogP contribution in [0.3, 0.4) is 0 Å². The van der Waals surface area contributed by atoms with Gasteiger partial charge in [0.15, 0.2) is 0 Å². The standard InChI is InChI=1S/C36H26N4O2/c1-41-33-17-11-23-19-25(39-21-37-29-7-3-5-9-31(29)39)13-15-27(23)35(33)36-28-16-14-26(20-24(28)12-18-34(36)42-2)40-22-38-30-8-4-6-10-32(30)40/h3-22H,1-2H3. The number of para-hydroxylation sites is 4. The summed E-state index contributed by atoms with van der Waals surface area (Å²) >= 11 is 0. The van der Waals surface area contributed by atoms with E-state index in [0.717, 1.165) is 77.6 Å². The molecule has 0 amide bonds. The molecule has 6 nitrogen and oxygen atoms in total. The van der Waals surface area contributed by atoms with Crippen molar-refractivity contribution in [3.63, 3.8) is 0 Å². The molecule has 2 heterocycles. The molecule has 0 aliphatic carbocycles. The molecule has 2 aromatic heterocycles. The molecular formula is C36H26N4O2. The third-order valence-electron chi connectivity index (χ3n) is 8.08. The number of hydrogen-bond donors (Lipinski definition) is 0. The number of benzene rings is 6. The van der Waals surface area contributed by atoms with Crippen LogP contribution in [-0.2, 0) is 0 Å². The number of aromatic nitrogens is 4. The van der Waals surface area contributed by atoms with Gasteiger partial charge < -0.3 is 9.47 Å². The van der Waals surface area contributed by atoms with E-state index in [1.165, 1.54) is 0 Å². The van der Waals surface area contributed by atoms with Crippen LogP contribution in [0.1, 0.15) is 0 Å². The molecule has 0 saturated heterocycles. The van der Waals surface area contributed by atoms with Gasteiger partial charge in [-0.1, -0.05) is 48.5 Å². The van der Waals surface area contributed by atoms with E-state index in [4.69, 9.17) is 9.47 Å². The van der Waals surface area contributed by atoms with Gasteiger partial charge in [0.1, 0.15) is 24.2 Å². The van der Waals surface area contributed by atoms with Crippen molar-refractivity contribution in [2.24, 2.45) is 0 Å². The van der Waals surface area contributed by atoms with E-state index in [1.54, 1.807) is 14.2 Å². The SMILES string of the molecule is COc1ccc2cc(-n3cnc4ccccc43)ccc2c1-c1c(OC)ccc2cc(-n3cnc4ccccc43)ccc12. The molecule has 0 aliphatic rings. The predicted octanol–water partition coefficient (Wildman–Crippen LogP) is 8.36. The Morgan fingerprint density at radius 3 is 1.40 bits per heavy atom. The first-order valence-corrected chi connectivity index (χ1v) is 13.8. The highest BCUT2D eigenvalue weighted by Gasteiger charge is 2.19. The van der Waals surface area contributed by atoms with Gasteiger partial charge in [0, 0.05) is 22.5 Å². The molecule has 0 fully saturated rings. The fourth-order valence-corrected chi connectivity index (χ4v) is 6.08. The van der Waals surface area contributed by atoms with Gasteiger partial charge in [-0.2, -0.15) is 0 Å². The van der Waals surface area contributed by atoms with Crippen molar-refractivity contribution in [2.75, 3.05) is 14.2 Å². The van der Waals surface area contributed by atoms with Gasteiger partial charge in [-0.05, 0) is 82.2 Å². The lowest BCUT2D eigenvalue weighted by atomic mass is 9.91. The van der Waals surface area contributed by atoms with Gasteiger partial charge in [-0.15, -0.1) is 0 Å². The summed E-state index contributed by atoms with van der Waals surface area (Å²) in [5, 5.41) is 4.36. The lowest BCUT2D eigenvalue weighted by Gasteiger charge is -2.19. The number of ether oxygens (including phenoxy) is 2. The van der Waals surface area contributed by atoms with E-state index in [9.17, 15) is 0 Å². The molecule has 6 heteroatoms. The summed E-state index contributed by atoms with van der Waals surface area (Å²) in [4.78, 5) is 9.17. The Labute approximate surface area is 242 Å². The van der Waals surface area contributed by atoms with Gasteiger partial charge in [-0.3, -0.25) is 9.13 Å². The second kappa shape index (κ2) is 9.49. The van der Waals surface area contributed by atoms with Crippen LogP contribution in [-0.4, -0.2) is 33.3 Å². The summed E-state index contributed by atoms with van der Waals surface area (Å²) in [6.45, 7) is 0. The summed E-state index contributed by atoms with van der Waals surface area (Å²) in [7, 11) is 3.44. The fraction of sp³-hybridized carbons (Fsp3) is 0.0556. The Morgan fingerprint density at radius 1 is 0.500 bits per heavy atom. The molecule has 0 aliphatic heterocycles. The maximum absolute atomic E-state index is 5.96. The molecule has 8 rings (SSSR count). The number of rotatable bonds is 5. The lowest BCUT2D eigenvalue weighted by Crippen LogP contribution is -1.97. The van der Waals surface area contributed by atoms with Crippen molar-refractivity contribution in [1.82, 2.24) is 19.1 Å². The van der Waals surface area contributed by atoms with Crippen LogP contribution in [0.2, 0.25) is 0 Å². The zero-order chi connectivity index (χ0) is 28.2. The summed E-state index contributed by atoms with van der Waals surface area (Å²) in [5.74, 6) is 1.58. The first-order chi connectivity index (χ1) is 20.7. The Balaban J connectivity index is 1.34. The summed E-state index contributed by atoms with van der Waals surface area (Å²) in [6, 6.07) is 37.7. The Kier molecular flexibility index (Phi) is 5.47. The fourth-order valence-electron chi connectivity index (χ4n) is 6.08. The number of imidazole rings is 2. The van der Waals surface area contributed by atoms with Gasteiger partial charge in [0.2, 0.25) is 0 Å². The number of methoxy groups -OCH3 is 2. The van der Waals surface area contributed by atoms with Gasteiger partial charge in [0.25, 0.3) is 0 Å². The topological polar surface area (TPSA) is 54.1 Å². The van der Waals surface area contributed by atoms with Crippen molar-refractivity contribution in [1.29, 1.82) is 0 Å². The number of nitrogens with zero attached hydrogens (tertiary/aromatic N) is 4. The van der Waals surface area contributed by atoms with E-state index in [1.807, 2.05) is 61.2 Å². The first kappa shape index (κ1) is 24.2. The Hall–Kier alpha value is -5.62. The highest BCUT2D eigenvalue weighted by molar-refractivity contribution is 6.10. The minimum Gasteiger partial charge on any atom is -0.496 e. The second-order valence-corrected chi connectivity index (χ2v) is 10.3. The molecule has 202 valence electrons. The van der Waals surface area contributed by atoms with Crippen LogP contribution in [0.15, 0.2) is 122 Å². The van der Waals surface area contributed by atoms with Crippen LogP contribution in [0, 0.1) is 0 Å². The Morgan fingerprint density at radius 2 is 0.952 bits per heavy atom. The third kappa shape index (κ3) is 3.65. The zero-order valence-corrected chi connectivity index (χ0v) is 23.2. The summed E-state index contributed by atoms with van der Waals surface area (Å²) in [5.41, 5.74) is 8.18. The molecule has 0 spiro atoms. The predicted molar refractivity (Wildman–Crippen MR) is 169 cm³/mol. The van der Waals surface area contributed by atoms with Gasteiger partial charge in [-0.25, -0.2) is 9.97 Å². The van der Waals surface area contributed by atoms with Crippen molar-refractivity contribution in [3.8, 4) is 34.0 Å². The highest BCUT2D eigenvalue weighted by Crippen LogP contribution is 2.46. The molecule has 8 aromatic rings. The largest absolute Gasteiger partial charge is 0.496 e. The van der Waals surface area contributed by atoms with Gasteiger partial charge >= 0.3 is 0 Å². The molecule has 6 aromatic carbocycles. The number of hydrogen-bond acceptors (Lipinski definition) is 4. The number of fused-ring (bicyclic) bond motifs is 4. The average Bonchev–Trinajstić information content (AvgIpc) is 3.68. The van der Waals surface area contributed by atoms with Crippen molar-refractivity contribution >= 4 is 43.6 Å². The molecule has 0 atom stereocenters. The van der Waals surface area contributed by atoms with Crippen LogP contribution in [0.5, 0.6) is 11.5 Å². The second-order valence-electron chi connectivity index (χ2n) is 10.3. The quantitative estimate of drug-likeness (QED) is 0.218. The van der Waals surface area contributed by atoms with E-state index in [0.29, 0.717) is 0 Å². The van der Waals surface area contributed by atoms with E-state index in [-0.39, 0.29) is 0 Å². The minimum atomic E-state index is 0.791. The van der Waals surface area contributed by atoms with Crippen LogP contribution in [0.4, 0.5) is 0 Å². The van der Waals surface area contributed by atoms with E-state index < -0.39 is 0 Å². The Bertz CT molecular complexity index is 2130. The van der Waals surface area contributed by atoms with Crippen LogP contribution in [0.25, 0.3) is 66.1 Å². The average molecular weight is 547 g/mol. The monoisotopic (exact) mass is 546 g/mol. The van der Waals surface area contributed by atoms with E-state index in [2.05, 4.69) is 79.8 Å². The zero-order valence-electron chi connectivity index (χ0n) is 23.2. The highest BCUT2D eigenvalue weighted by atomic mass is 16.5. The summed E-state index contributed by atoms with van der Waals surface area (Å²) in [6.07, 6.45) is 3.76. The minimum absolute atomic E-state index is 0.791. The smallest absolute Gasteiger partial charge is 0.127 e. The molecule has 0 saturated carbocycles. The lowest BCUT2D eigenvalue weighted by molar-refractivity contribution is 0.411. The summed E-state index contributed by atoms with van der Waals surface area (Å²) < 4.78 is 16.2. The van der Waals surface area contributed by atoms with E-state index >= 15 is 0 Å². The first-order valence-electron chi connectivity index (χ1n) is 13.8. The molecule has 0 radical (unpaired) electrons. The molecule has 0 bridgehead atoms. The molecular weight excluding hydrogens is 520 g/mol. The molecule has 0 N–H and O–H groups in total. The molecule has 42 heavy (non-hydrogen) atoms. The maximum Gasteiger partial charge on any atom is 0.127 e. The molecule has 0 unspecified atom stereocenters. The van der Waals surface area contributed by atoms with Crippen LogP contribution < -0.4 is 9.47 Å². The van der Waals surface area contributed by atoms with Crippen molar-refractivity contribution < 1.29 is 9.47 Å². The third-order valence-corrected chi connectivity index (χ3v) is 8.08.